The lowest BCUT2D eigenvalue weighted by Gasteiger charge is -2.34. The molecule has 0 spiro atoms. The summed E-state index contributed by atoms with van der Waals surface area (Å²) >= 11 is 0. The number of aromatic nitrogens is 5. The Morgan fingerprint density at radius 1 is 1.27 bits per heavy atom. The minimum atomic E-state index is -0.0869. The Kier molecular flexibility index (Phi) is 6.16. The second-order valence-electron chi connectivity index (χ2n) is 6.85. The second kappa shape index (κ2) is 8.75. The van der Waals surface area contributed by atoms with E-state index in [1.165, 1.54) is 6.33 Å². The molecule has 2 aromatic heterocycles. The van der Waals surface area contributed by atoms with Gasteiger partial charge in [-0.25, -0.2) is 9.78 Å². The summed E-state index contributed by atoms with van der Waals surface area (Å²) in [5.74, 6) is 1.59. The highest BCUT2D eigenvalue weighted by molar-refractivity contribution is 5.74. The van der Waals surface area contributed by atoms with Crippen LogP contribution >= 0.6 is 0 Å². The second-order valence-corrected chi connectivity index (χ2v) is 6.85. The zero-order chi connectivity index (χ0) is 18.4. The fourth-order valence-electron chi connectivity index (χ4n) is 2.83. The highest BCUT2D eigenvalue weighted by Crippen LogP contribution is 2.06. The number of carbonyl (C=O) groups is 1. The van der Waals surface area contributed by atoms with Crippen molar-refractivity contribution >= 4 is 6.03 Å². The summed E-state index contributed by atoms with van der Waals surface area (Å²) in [5.41, 5.74) is 0. The molecule has 2 amide bonds. The van der Waals surface area contributed by atoms with Gasteiger partial charge in [-0.05, 0) is 5.92 Å². The number of rotatable bonds is 7. The number of nitrogens with zero attached hydrogens (tertiary/aromatic N) is 7. The minimum Gasteiger partial charge on any atom is -0.339 e. The SMILES string of the molecule is CC(C)Cc1nc(CNC(=O)N2CCN(CCn3cncn3)CC2)no1. The molecule has 0 bridgehead atoms. The third kappa shape index (κ3) is 5.25. The van der Waals surface area contributed by atoms with E-state index in [4.69, 9.17) is 4.52 Å². The average Bonchev–Trinajstić information content (AvgIpc) is 3.30. The molecule has 142 valence electrons. The molecular formula is C16H26N8O2. The van der Waals surface area contributed by atoms with Crippen LogP contribution in [-0.4, -0.2) is 73.5 Å². The highest BCUT2D eigenvalue weighted by Gasteiger charge is 2.21. The van der Waals surface area contributed by atoms with Crippen molar-refractivity contribution in [2.45, 2.75) is 33.4 Å². The number of hydrogen-bond acceptors (Lipinski definition) is 7. The van der Waals surface area contributed by atoms with Gasteiger partial charge in [0.2, 0.25) is 5.89 Å². The van der Waals surface area contributed by atoms with Gasteiger partial charge >= 0.3 is 6.03 Å². The lowest BCUT2D eigenvalue weighted by atomic mass is 10.1. The summed E-state index contributed by atoms with van der Waals surface area (Å²) in [4.78, 5) is 24.7. The molecule has 1 saturated heterocycles. The fourth-order valence-corrected chi connectivity index (χ4v) is 2.83. The molecule has 0 saturated carbocycles. The van der Waals surface area contributed by atoms with Crippen molar-refractivity contribution in [2.75, 3.05) is 32.7 Å². The molecule has 0 radical (unpaired) electrons. The van der Waals surface area contributed by atoms with Gasteiger partial charge in [0.05, 0.1) is 13.1 Å². The largest absolute Gasteiger partial charge is 0.339 e. The maximum Gasteiger partial charge on any atom is 0.317 e. The van der Waals surface area contributed by atoms with E-state index in [0.717, 1.165) is 32.6 Å². The Labute approximate surface area is 152 Å². The fraction of sp³-hybridized carbons (Fsp3) is 0.688. The molecule has 1 aliphatic heterocycles. The van der Waals surface area contributed by atoms with Gasteiger partial charge in [0, 0.05) is 39.1 Å². The molecule has 1 N–H and O–H groups in total. The van der Waals surface area contributed by atoms with Crippen LogP contribution in [0.1, 0.15) is 25.6 Å². The van der Waals surface area contributed by atoms with E-state index in [2.05, 4.69) is 44.3 Å². The van der Waals surface area contributed by atoms with E-state index in [1.54, 1.807) is 6.33 Å². The van der Waals surface area contributed by atoms with Crippen molar-refractivity contribution in [3.05, 3.63) is 24.4 Å². The standard InChI is InChI=1S/C16H26N8O2/c1-13(2)9-15-20-14(21-26-15)10-18-16(25)23-6-3-22(4-7-23)5-8-24-12-17-11-19-24/h11-13H,3-10H2,1-2H3,(H,18,25). The number of piperazine rings is 1. The highest BCUT2D eigenvalue weighted by atomic mass is 16.5. The van der Waals surface area contributed by atoms with Crippen LogP contribution in [0.2, 0.25) is 0 Å². The lowest BCUT2D eigenvalue weighted by Crippen LogP contribution is -2.52. The Morgan fingerprint density at radius 2 is 2.08 bits per heavy atom. The van der Waals surface area contributed by atoms with Crippen molar-refractivity contribution in [3.8, 4) is 0 Å². The summed E-state index contributed by atoms with van der Waals surface area (Å²) in [6, 6.07) is -0.0869. The molecule has 26 heavy (non-hydrogen) atoms. The van der Waals surface area contributed by atoms with Crippen LogP contribution in [0.5, 0.6) is 0 Å². The Balaban J connectivity index is 1.36. The van der Waals surface area contributed by atoms with Crippen molar-refractivity contribution in [1.82, 2.24) is 40.0 Å². The first-order valence-corrected chi connectivity index (χ1v) is 8.99. The van der Waals surface area contributed by atoms with E-state index in [1.807, 2.05) is 9.58 Å². The number of carbonyl (C=O) groups excluding carboxylic acids is 1. The predicted molar refractivity (Wildman–Crippen MR) is 93.1 cm³/mol. The maximum absolute atomic E-state index is 12.3. The van der Waals surface area contributed by atoms with Gasteiger partial charge in [-0.3, -0.25) is 9.58 Å². The van der Waals surface area contributed by atoms with Gasteiger partial charge in [-0.1, -0.05) is 19.0 Å². The molecule has 1 fully saturated rings. The average molecular weight is 362 g/mol. The summed E-state index contributed by atoms with van der Waals surface area (Å²) in [6.45, 7) is 9.29. The van der Waals surface area contributed by atoms with E-state index in [0.29, 0.717) is 30.7 Å². The normalized spacial score (nSPS) is 15.6. The number of hydrogen-bond donors (Lipinski definition) is 1. The Bertz CT molecular complexity index is 676. The summed E-state index contributed by atoms with van der Waals surface area (Å²) in [7, 11) is 0. The zero-order valence-corrected chi connectivity index (χ0v) is 15.3. The Morgan fingerprint density at radius 3 is 2.77 bits per heavy atom. The van der Waals surface area contributed by atoms with Crippen LogP contribution in [0.15, 0.2) is 17.2 Å². The number of urea groups is 1. The monoisotopic (exact) mass is 362 g/mol. The molecule has 0 aliphatic carbocycles. The van der Waals surface area contributed by atoms with Crippen LogP contribution in [0.3, 0.4) is 0 Å². The molecule has 3 rings (SSSR count). The third-order valence-corrected chi connectivity index (χ3v) is 4.26. The first-order valence-electron chi connectivity index (χ1n) is 8.99. The molecule has 10 nitrogen and oxygen atoms in total. The summed E-state index contributed by atoms with van der Waals surface area (Å²) < 4.78 is 7.00. The van der Waals surface area contributed by atoms with Crippen LogP contribution in [0.4, 0.5) is 4.79 Å². The van der Waals surface area contributed by atoms with Crippen LogP contribution in [-0.2, 0) is 19.5 Å². The molecule has 1 aliphatic rings. The van der Waals surface area contributed by atoms with E-state index < -0.39 is 0 Å². The first kappa shape index (κ1) is 18.3. The Hall–Kier alpha value is -2.49. The molecular weight excluding hydrogens is 336 g/mol. The molecule has 3 heterocycles. The van der Waals surface area contributed by atoms with Gasteiger partial charge in [-0.2, -0.15) is 10.1 Å². The van der Waals surface area contributed by atoms with Crippen LogP contribution in [0.25, 0.3) is 0 Å². The van der Waals surface area contributed by atoms with Crippen LogP contribution < -0.4 is 5.32 Å². The quantitative estimate of drug-likeness (QED) is 0.759. The molecule has 2 aromatic rings. The maximum atomic E-state index is 12.3. The van der Waals surface area contributed by atoms with Gasteiger partial charge in [0.15, 0.2) is 5.82 Å². The zero-order valence-electron chi connectivity index (χ0n) is 15.3. The number of nitrogens with one attached hydrogen (secondary N) is 1. The summed E-state index contributed by atoms with van der Waals surface area (Å²) in [6.07, 6.45) is 4.00. The van der Waals surface area contributed by atoms with Gasteiger partial charge in [0.1, 0.15) is 12.7 Å². The van der Waals surface area contributed by atoms with Gasteiger partial charge in [-0.15, -0.1) is 0 Å². The van der Waals surface area contributed by atoms with Crippen LogP contribution in [0, 0.1) is 5.92 Å². The molecule has 10 heteroatoms. The van der Waals surface area contributed by atoms with Crippen molar-refractivity contribution in [2.24, 2.45) is 5.92 Å². The first-order chi connectivity index (χ1) is 12.6. The topological polar surface area (TPSA) is 105 Å². The summed E-state index contributed by atoms with van der Waals surface area (Å²) in [5, 5.41) is 10.9. The third-order valence-electron chi connectivity index (χ3n) is 4.26. The van der Waals surface area contributed by atoms with Gasteiger partial charge < -0.3 is 14.7 Å². The van der Waals surface area contributed by atoms with Crippen molar-refractivity contribution < 1.29 is 9.32 Å². The van der Waals surface area contributed by atoms with Gasteiger partial charge in [0.25, 0.3) is 0 Å². The van der Waals surface area contributed by atoms with Crippen molar-refractivity contribution in [3.63, 3.8) is 0 Å². The minimum absolute atomic E-state index is 0.0869. The number of amides is 2. The smallest absolute Gasteiger partial charge is 0.317 e. The van der Waals surface area contributed by atoms with Crippen molar-refractivity contribution in [1.29, 1.82) is 0 Å². The molecule has 0 aromatic carbocycles. The van der Waals surface area contributed by atoms with E-state index in [-0.39, 0.29) is 12.6 Å². The van der Waals surface area contributed by atoms with E-state index >= 15 is 0 Å². The molecule has 0 atom stereocenters. The lowest BCUT2D eigenvalue weighted by molar-refractivity contribution is 0.135. The van der Waals surface area contributed by atoms with E-state index in [9.17, 15) is 4.79 Å². The predicted octanol–water partition coefficient (Wildman–Crippen LogP) is 0.387. The molecule has 0 unspecified atom stereocenters.